The maximum absolute atomic E-state index is 7.71. The molecular formula is C14H19N5O. The van der Waals surface area contributed by atoms with E-state index >= 15 is 0 Å². The number of benzene rings is 1. The Morgan fingerprint density at radius 2 is 2.10 bits per heavy atom. The molecule has 1 heterocycles. The fourth-order valence-corrected chi connectivity index (χ4v) is 2.00. The maximum Gasteiger partial charge on any atom is 0.151 e. The van der Waals surface area contributed by atoms with Crippen LogP contribution in [0.2, 0.25) is 0 Å². The molecule has 0 unspecified atom stereocenters. The summed E-state index contributed by atoms with van der Waals surface area (Å²) in [7, 11) is 1.60. The number of nitrogens with zero attached hydrogens (tertiary/aromatic N) is 3. The van der Waals surface area contributed by atoms with Crippen molar-refractivity contribution < 1.29 is 4.74 Å². The molecule has 6 nitrogen and oxygen atoms in total. The first kappa shape index (κ1) is 14.0. The Bertz CT molecular complexity index is 632. The molecule has 20 heavy (non-hydrogen) atoms. The molecule has 0 atom stereocenters. The topological polar surface area (TPSA) is 89.8 Å². The summed E-state index contributed by atoms with van der Waals surface area (Å²) in [5, 5.41) is 12.2. The zero-order valence-electron chi connectivity index (χ0n) is 12.0. The normalized spacial score (nSPS) is 10.6. The highest BCUT2D eigenvalue weighted by atomic mass is 16.5. The molecular weight excluding hydrogens is 254 g/mol. The minimum Gasteiger partial charge on any atom is -0.497 e. The first-order chi connectivity index (χ1) is 9.60. The van der Waals surface area contributed by atoms with Crippen LogP contribution in [0.3, 0.4) is 0 Å². The van der Waals surface area contributed by atoms with E-state index in [1.54, 1.807) is 23.9 Å². The average Bonchev–Trinajstić information content (AvgIpc) is 2.89. The van der Waals surface area contributed by atoms with Gasteiger partial charge in [-0.25, -0.2) is 9.67 Å². The highest BCUT2D eigenvalue weighted by Gasteiger charge is 2.15. The number of rotatable bonds is 5. The van der Waals surface area contributed by atoms with E-state index in [2.05, 4.69) is 10.1 Å². The van der Waals surface area contributed by atoms with E-state index in [-0.39, 0.29) is 5.84 Å². The zero-order valence-corrected chi connectivity index (χ0v) is 12.0. The van der Waals surface area contributed by atoms with Crippen molar-refractivity contribution >= 4 is 5.84 Å². The predicted molar refractivity (Wildman–Crippen MR) is 77.7 cm³/mol. The van der Waals surface area contributed by atoms with Crippen LogP contribution in [0.1, 0.15) is 31.1 Å². The summed E-state index contributed by atoms with van der Waals surface area (Å²) in [6.45, 7) is 4.03. The van der Waals surface area contributed by atoms with E-state index < -0.39 is 0 Å². The molecule has 0 bridgehead atoms. The third kappa shape index (κ3) is 2.49. The van der Waals surface area contributed by atoms with Gasteiger partial charge in [0.2, 0.25) is 0 Å². The van der Waals surface area contributed by atoms with Gasteiger partial charge in [0.15, 0.2) is 5.82 Å². The molecule has 6 heteroatoms. The van der Waals surface area contributed by atoms with Crippen molar-refractivity contribution in [3.8, 4) is 11.4 Å². The monoisotopic (exact) mass is 273 g/mol. The van der Waals surface area contributed by atoms with Crippen LogP contribution in [0.4, 0.5) is 0 Å². The quantitative estimate of drug-likeness (QED) is 0.640. The predicted octanol–water partition coefficient (Wildman–Crippen LogP) is 1.68. The Morgan fingerprint density at radius 1 is 1.35 bits per heavy atom. The van der Waals surface area contributed by atoms with Crippen LogP contribution < -0.4 is 10.5 Å². The van der Waals surface area contributed by atoms with Crippen LogP contribution >= 0.6 is 0 Å². The van der Waals surface area contributed by atoms with Crippen molar-refractivity contribution in [1.82, 2.24) is 14.8 Å². The smallest absolute Gasteiger partial charge is 0.151 e. The van der Waals surface area contributed by atoms with E-state index in [0.717, 1.165) is 30.2 Å². The van der Waals surface area contributed by atoms with Crippen LogP contribution in [-0.2, 0) is 12.8 Å². The molecule has 0 fully saturated rings. The van der Waals surface area contributed by atoms with Gasteiger partial charge in [-0.05, 0) is 12.1 Å². The molecule has 0 saturated carbocycles. The molecule has 0 saturated heterocycles. The lowest BCUT2D eigenvalue weighted by Gasteiger charge is -2.11. The lowest BCUT2D eigenvalue weighted by molar-refractivity contribution is 0.414. The number of ether oxygens (including phenoxy) is 1. The summed E-state index contributed by atoms with van der Waals surface area (Å²) in [5.41, 5.74) is 7.00. The molecule has 0 aliphatic carbocycles. The van der Waals surface area contributed by atoms with Gasteiger partial charge in [-0.2, -0.15) is 5.10 Å². The third-order valence-electron chi connectivity index (χ3n) is 3.07. The number of amidine groups is 1. The minimum absolute atomic E-state index is 0.00162. The van der Waals surface area contributed by atoms with Crippen molar-refractivity contribution in [1.29, 1.82) is 5.41 Å². The second kappa shape index (κ2) is 5.73. The van der Waals surface area contributed by atoms with Crippen LogP contribution in [-0.4, -0.2) is 27.7 Å². The van der Waals surface area contributed by atoms with Gasteiger partial charge in [-0.1, -0.05) is 13.8 Å². The average molecular weight is 273 g/mol. The summed E-state index contributed by atoms with van der Waals surface area (Å²) >= 11 is 0. The highest BCUT2D eigenvalue weighted by Crippen LogP contribution is 2.22. The standard InChI is InChI=1S/C14H19N5O/c1-4-12-17-13(5-2)19(18-12)11-8-9(20-3)6-7-10(11)14(15)16/h6-8H,4-5H2,1-3H3,(H3,15,16). The van der Waals surface area contributed by atoms with E-state index in [1.807, 2.05) is 19.9 Å². The Kier molecular flexibility index (Phi) is 4.02. The second-order valence-corrected chi connectivity index (χ2v) is 4.36. The van der Waals surface area contributed by atoms with Gasteiger partial charge in [0.25, 0.3) is 0 Å². The molecule has 2 rings (SSSR count). The van der Waals surface area contributed by atoms with Crippen molar-refractivity contribution in [3.63, 3.8) is 0 Å². The molecule has 1 aromatic heterocycles. The van der Waals surface area contributed by atoms with Crippen LogP contribution in [0.25, 0.3) is 5.69 Å². The molecule has 1 aromatic carbocycles. The van der Waals surface area contributed by atoms with Gasteiger partial charge in [0.1, 0.15) is 17.4 Å². The van der Waals surface area contributed by atoms with Gasteiger partial charge in [-0.15, -0.1) is 0 Å². The van der Waals surface area contributed by atoms with E-state index in [9.17, 15) is 0 Å². The summed E-state index contributed by atoms with van der Waals surface area (Å²) in [6, 6.07) is 5.37. The minimum atomic E-state index is -0.00162. The Hall–Kier alpha value is -2.37. The number of hydrogen-bond acceptors (Lipinski definition) is 4. The summed E-state index contributed by atoms with van der Waals surface area (Å²) in [6.07, 6.45) is 1.51. The van der Waals surface area contributed by atoms with Crippen molar-refractivity contribution in [3.05, 3.63) is 35.4 Å². The molecule has 0 aliphatic rings. The molecule has 0 radical (unpaired) electrons. The summed E-state index contributed by atoms with van der Waals surface area (Å²) in [5.74, 6) is 2.32. The number of aromatic nitrogens is 3. The van der Waals surface area contributed by atoms with E-state index in [0.29, 0.717) is 11.3 Å². The SMILES string of the molecule is CCc1nc(CC)n(-c2cc(OC)ccc2C(=N)N)n1. The number of hydrogen-bond donors (Lipinski definition) is 2. The second-order valence-electron chi connectivity index (χ2n) is 4.36. The largest absolute Gasteiger partial charge is 0.497 e. The molecule has 0 amide bonds. The van der Waals surface area contributed by atoms with Crippen LogP contribution in [0.5, 0.6) is 5.75 Å². The number of aryl methyl sites for hydroxylation is 2. The van der Waals surface area contributed by atoms with Crippen molar-refractivity contribution in [2.24, 2.45) is 5.73 Å². The first-order valence-corrected chi connectivity index (χ1v) is 6.58. The number of nitrogen functional groups attached to an aromatic ring is 1. The lowest BCUT2D eigenvalue weighted by atomic mass is 10.1. The van der Waals surface area contributed by atoms with Gasteiger partial charge < -0.3 is 10.5 Å². The van der Waals surface area contributed by atoms with Gasteiger partial charge in [0.05, 0.1) is 12.8 Å². The Balaban J connectivity index is 2.66. The van der Waals surface area contributed by atoms with Crippen molar-refractivity contribution in [2.75, 3.05) is 7.11 Å². The Morgan fingerprint density at radius 3 is 2.65 bits per heavy atom. The number of methoxy groups -OCH3 is 1. The van der Waals surface area contributed by atoms with E-state index in [4.69, 9.17) is 15.9 Å². The maximum atomic E-state index is 7.71. The third-order valence-corrected chi connectivity index (χ3v) is 3.07. The zero-order chi connectivity index (χ0) is 14.7. The molecule has 3 N–H and O–H groups in total. The van der Waals surface area contributed by atoms with Crippen molar-refractivity contribution in [2.45, 2.75) is 26.7 Å². The van der Waals surface area contributed by atoms with E-state index in [1.165, 1.54) is 0 Å². The van der Waals surface area contributed by atoms with Gasteiger partial charge in [-0.3, -0.25) is 5.41 Å². The molecule has 0 aliphatic heterocycles. The van der Waals surface area contributed by atoms with Gasteiger partial charge in [0, 0.05) is 24.5 Å². The summed E-state index contributed by atoms with van der Waals surface area (Å²) in [4.78, 5) is 4.48. The summed E-state index contributed by atoms with van der Waals surface area (Å²) < 4.78 is 6.99. The molecule has 0 spiro atoms. The lowest BCUT2D eigenvalue weighted by Crippen LogP contribution is -2.16. The fourth-order valence-electron chi connectivity index (χ4n) is 2.00. The fraction of sp³-hybridized carbons (Fsp3) is 0.357. The highest BCUT2D eigenvalue weighted by molar-refractivity contribution is 5.98. The Labute approximate surface area is 118 Å². The van der Waals surface area contributed by atoms with Crippen LogP contribution in [0.15, 0.2) is 18.2 Å². The number of nitrogens with two attached hydrogens (primary N) is 1. The first-order valence-electron chi connectivity index (χ1n) is 6.58. The van der Waals surface area contributed by atoms with Gasteiger partial charge >= 0.3 is 0 Å². The molecule has 2 aromatic rings. The van der Waals surface area contributed by atoms with Crippen LogP contribution in [0, 0.1) is 5.41 Å². The number of nitrogens with one attached hydrogen (secondary N) is 1. The molecule has 106 valence electrons.